The van der Waals surface area contributed by atoms with Crippen molar-refractivity contribution in [3.05, 3.63) is 44.7 Å². The van der Waals surface area contributed by atoms with Gasteiger partial charge in [-0.3, -0.25) is 14.3 Å². The molecule has 2 aromatic rings. The minimum atomic E-state index is -1.23. The van der Waals surface area contributed by atoms with Crippen LogP contribution in [0.3, 0.4) is 0 Å². The lowest BCUT2D eigenvalue weighted by Crippen LogP contribution is -2.59. The standard InChI is InChI=1S/C25H27BrF2N4O3/c1-12(33)31-3-2-15-18(10-31)32(30-21(15)23(29)35)25-8-13-4-14(9-25)7-24(6-13,11-25)16-5-17(26)19(27)20(28)22(16)34/h5,13-14,34H,2-4,6-11H2,1H3,(H2,29,35). The van der Waals surface area contributed by atoms with Gasteiger partial charge < -0.3 is 15.7 Å². The number of halogens is 3. The van der Waals surface area contributed by atoms with E-state index in [1.165, 1.54) is 13.0 Å². The Balaban J connectivity index is 1.51. The maximum atomic E-state index is 14.6. The molecule has 1 aromatic carbocycles. The average Bonchev–Trinajstić information content (AvgIpc) is 3.19. The summed E-state index contributed by atoms with van der Waals surface area (Å²) in [5, 5.41) is 15.5. The van der Waals surface area contributed by atoms with Gasteiger partial charge in [-0.25, -0.2) is 4.39 Å². The molecular formula is C25H27BrF2N4O3. The Labute approximate surface area is 209 Å². The number of hydrogen-bond donors (Lipinski definition) is 2. The van der Waals surface area contributed by atoms with Gasteiger partial charge in [0.1, 0.15) is 0 Å². The van der Waals surface area contributed by atoms with Gasteiger partial charge in [0.2, 0.25) is 11.7 Å². The van der Waals surface area contributed by atoms with Crippen LogP contribution in [0.4, 0.5) is 8.78 Å². The van der Waals surface area contributed by atoms with Crippen molar-refractivity contribution in [1.82, 2.24) is 14.7 Å². The van der Waals surface area contributed by atoms with Crippen LogP contribution in [-0.2, 0) is 28.7 Å². The highest BCUT2D eigenvalue weighted by molar-refractivity contribution is 9.10. The second kappa shape index (κ2) is 7.51. The molecule has 2 unspecified atom stereocenters. The lowest BCUT2D eigenvalue weighted by atomic mass is 9.45. The smallest absolute Gasteiger partial charge is 0.269 e. The second-order valence-electron chi connectivity index (χ2n) is 11.1. The summed E-state index contributed by atoms with van der Waals surface area (Å²) >= 11 is 3.13. The zero-order valence-electron chi connectivity index (χ0n) is 19.4. The van der Waals surface area contributed by atoms with Crippen LogP contribution >= 0.6 is 15.9 Å². The quantitative estimate of drug-likeness (QED) is 0.568. The van der Waals surface area contributed by atoms with Gasteiger partial charge in [0.15, 0.2) is 17.3 Å². The number of phenols is 1. The van der Waals surface area contributed by atoms with E-state index in [0.29, 0.717) is 43.3 Å². The van der Waals surface area contributed by atoms with Gasteiger partial charge in [-0.1, -0.05) is 0 Å². The maximum Gasteiger partial charge on any atom is 0.269 e. The third-order valence-electron chi connectivity index (χ3n) is 8.93. The molecule has 10 heteroatoms. The number of aromatic hydroxyl groups is 1. The van der Waals surface area contributed by atoms with Crippen molar-refractivity contribution in [2.75, 3.05) is 6.54 Å². The Morgan fingerprint density at radius 2 is 1.89 bits per heavy atom. The number of carbonyl (C=O) groups is 2. The first-order chi connectivity index (χ1) is 16.5. The molecule has 4 aliphatic carbocycles. The number of phenolic OH excluding ortho intramolecular Hbond substituents is 1. The van der Waals surface area contributed by atoms with Crippen molar-refractivity contribution >= 4 is 27.7 Å². The van der Waals surface area contributed by atoms with Crippen molar-refractivity contribution in [2.45, 2.75) is 69.4 Å². The zero-order chi connectivity index (χ0) is 24.9. The van der Waals surface area contributed by atoms with Crippen LogP contribution in [0.25, 0.3) is 0 Å². The largest absolute Gasteiger partial charge is 0.505 e. The Kier molecular flexibility index (Phi) is 4.92. The number of hydrogen-bond acceptors (Lipinski definition) is 4. The van der Waals surface area contributed by atoms with E-state index in [4.69, 9.17) is 10.8 Å². The van der Waals surface area contributed by atoms with Crippen molar-refractivity contribution in [2.24, 2.45) is 17.6 Å². The molecule has 3 N–H and O–H groups in total. The van der Waals surface area contributed by atoms with E-state index >= 15 is 0 Å². The molecule has 4 fully saturated rings. The van der Waals surface area contributed by atoms with E-state index in [9.17, 15) is 23.5 Å². The topological polar surface area (TPSA) is 101 Å². The van der Waals surface area contributed by atoms with Crippen molar-refractivity contribution in [3.8, 4) is 5.75 Å². The number of primary amides is 1. The van der Waals surface area contributed by atoms with Crippen LogP contribution in [0.1, 0.15) is 72.8 Å². The molecule has 7 nitrogen and oxygen atoms in total. The SMILES string of the molecule is CC(=O)N1CCc2c(C(N)=O)nn(C34CC5CC(CC(c6cc(Br)c(F)c(F)c6O)(C5)C3)C4)c2C1. The lowest BCUT2D eigenvalue weighted by Gasteiger charge is -2.62. The highest BCUT2D eigenvalue weighted by Gasteiger charge is 2.61. The van der Waals surface area contributed by atoms with Crippen LogP contribution < -0.4 is 5.73 Å². The number of rotatable bonds is 3. The van der Waals surface area contributed by atoms with Crippen LogP contribution in [0, 0.1) is 23.5 Å². The van der Waals surface area contributed by atoms with E-state index in [1.807, 2.05) is 4.68 Å². The molecule has 2 heterocycles. The summed E-state index contributed by atoms with van der Waals surface area (Å²) in [5.41, 5.74) is 7.06. The highest BCUT2D eigenvalue weighted by atomic mass is 79.9. The molecular weight excluding hydrogens is 522 g/mol. The van der Waals surface area contributed by atoms with Crippen LogP contribution in [0.5, 0.6) is 5.75 Å². The van der Waals surface area contributed by atoms with Gasteiger partial charge in [0.05, 0.1) is 22.3 Å². The summed E-state index contributed by atoms with van der Waals surface area (Å²) in [4.78, 5) is 26.2. The second-order valence-corrected chi connectivity index (χ2v) is 11.9. The predicted octanol–water partition coefficient (Wildman–Crippen LogP) is 3.88. The fourth-order valence-corrected chi connectivity index (χ4v) is 8.45. The molecule has 1 aromatic heterocycles. The maximum absolute atomic E-state index is 14.6. The fourth-order valence-electron chi connectivity index (χ4n) is 8.04. The van der Waals surface area contributed by atoms with Gasteiger partial charge >= 0.3 is 0 Å². The van der Waals surface area contributed by atoms with E-state index in [1.54, 1.807) is 4.90 Å². The molecule has 186 valence electrons. The van der Waals surface area contributed by atoms with E-state index in [0.717, 1.165) is 43.4 Å². The van der Waals surface area contributed by atoms with E-state index in [-0.39, 0.29) is 16.1 Å². The number of benzene rings is 1. The molecule has 4 saturated carbocycles. The monoisotopic (exact) mass is 548 g/mol. The fraction of sp³-hybridized carbons (Fsp3) is 0.560. The Morgan fingerprint density at radius 3 is 2.51 bits per heavy atom. The van der Waals surface area contributed by atoms with Gasteiger partial charge in [-0.15, -0.1) is 0 Å². The van der Waals surface area contributed by atoms with Gasteiger partial charge in [-0.05, 0) is 78.8 Å². The Morgan fingerprint density at radius 1 is 1.20 bits per heavy atom. The zero-order valence-corrected chi connectivity index (χ0v) is 21.0. The van der Waals surface area contributed by atoms with E-state index < -0.39 is 34.2 Å². The predicted molar refractivity (Wildman–Crippen MR) is 126 cm³/mol. The number of fused-ring (bicyclic) bond motifs is 1. The van der Waals surface area contributed by atoms with Crippen LogP contribution in [-0.4, -0.2) is 38.1 Å². The summed E-state index contributed by atoms with van der Waals surface area (Å²) in [6, 6.07) is 1.53. The third kappa shape index (κ3) is 3.21. The normalized spacial score (nSPS) is 31.0. The molecule has 7 rings (SSSR count). The minimum absolute atomic E-state index is 0.00261. The Bertz CT molecular complexity index is 1280. The molecule has 2 atom stereocenters. The van der Waals surface area contributed by atoms with Crippen LogP contribution in [0.2, 0.25) is 0 Å². The molecule has 5 aliphatic rings. The Hall–Kier alpha value is -2.49. The molecule has 0 spiro atoms. The van der Waals surface area contributed by atoms with Crippen molar-refractivity contribution < 1.29 is 23.5 Å². The van der Waals surface area contributed by atoms with Gasteiger partial charge in [0.25, 0.3) is 5.91 Å². The number of aromatic nitrogens is 2. The highest BCUT2D eigenvalue weighted by Crippen LogP contribution is 2.66. The average molecular weight is 549 g/mol. The first-order valence-electron chi connectivity index (χ1n) is 12.1. The number of carbonyl (C=O) groups excluding carboxylic acids is 2. The lowest BCUT2D eigenvalue weighted by molar-refractivity contribution is -0.130. The summed E-state index contributed by atoms with van der Waals surface area (Å²) in [6.07, 6.45) is 5.40. The first kappa shape index (κ1) is 22.9. The van der Waals surface area contributed by atoms with Crippen molar-refractivity contribution in [3.63, 3.8) is 0 Å². The minimum Gasteiger partial charge on any atom is -0.505 e. The molecule has 1 aliphatic heterocycles. The summed E-state index contributed by atoms with van der Waals surface area (Å²) in [5.74, 6) is -2.92. The van der Waals surface area contributed by atoms with Crippen LogP contribution in [0.15, 0.2) is 10.5 Å². The van der Waals surface area contributed by atoms with Crippen molar-refractivity contribution in [1.29, 1.82) is 0 Å². The molecule has 2 amide bonds. The third-order valence-corrected chi connectivity index (χ3v) is 9.51. The number of nitrogens with zero attached hydrogens (tertiary/aromatic N) is 3. The molecule has 0 radical (unpaired) electrons. The molecule has 0 saturated heterocycles. The van der Waals surface area contributed by atoms with Gasteiger partial charge in [0, 0.05) is 30.0 Å². The van der Waals surface area contributed by atoms with E-state index in [2.05, 4.69) is 15.9 Å². The van der Waals surface area contributed by atoms with Gasteiger partial charge in [-0.2, -0.15) is 9.49 Å². The number of amides is 2. The first-order valence-corrected chi connectivity index (χ1v) is 12.9. The summed E-state index contributed by atoms with van der Waals surface area (Å²) in [6.45, 7) is 2.40. The molecule has 35 heavy (non-hydrogen) atoms. The number of nitrogens with two attached hydrogens (primary N) is 1. The summed E-state index contributed by atoms with van der Waals surface area (Å²) < 4.78 is 30.8. The summed E-state index contributed by atoms with van der Waals surface area (Å²) in [7, 11) is 0. The molecule has 4 bridgehead atoms.